The zero-order chi connectivity index (χ0) is 14.6. The van der Waals surface area contributed by atoms with E-state index in [1.54, 1.807) is 0 Å². The van der Waals surface area contributed by atoms with E-state index < -0.39 is 28.6 Å². The van der Waals surface area contributed by atoms with Gasteiger partial charge in [-0.1, -0.05) is 11.6 Å². The minimum atomic E-state index is -1.49. The molecule has 1 aliphatic carbocycles. The third-order valence-corrected chi connectivity index (χ3v) is 3.68. The molecule has 0 radical (unpaired) electrons. The third kappa shape index (κ3) is 1.79. The number of fused-ring (bicyclic) bond motifs is 1. The number of pyridine rings is 1. The lowest BCUT2D eigenvalue weighted by molar-refractivity contribution is 0.0695. The highest BCUT2D eigenvalue weighted by molar-refractivity contribution is 6.33. The number of benzene rings is 1. The highest BCUT2D eigenvalue weighted by atomic mass is 35.5. The average Bonchev–Trinajstić information content (AvgIpc) is 3.16. The number of hydrogen-bond donors (Lipinski definition) is 1. The molecule has 1 aromatic carbocycles. The van der Waals surface area contributed by atoms with Crippen molar-refractivity contribution in [2.75, 3.05) is 0 Å². The summed E-state index contributed by atoms with van der Waals surface area (Å²) in [6, 6.07) is 1.50. The Morgan fingerprint density at radius 3 is 2.45 bits per heavy atom. The summed E-state index contributed by atoms with van der Waals surface area (Å²) in [7, 11) is 0. The quantitative estimate of drug-likeness (QED) is 0.867. The molecule has 1 aromatic heterocycles. The molecule has 104 valence electrons. The Hall–Kier alpha value is -1.95. The number of carbonyl (C=O) groups is 1. The molecule has 0 amide bonds. The van der Waals surface area contributed by atoms with Crippen LogP contribution in [0.4, 0.5) is 8.78 Å². The van der Waals surface area contributed by atoms with E-state index in [0.29, 0.717) is 6.07 Å². The number of hydrogen-bond acceptors (Lipinski definition) is 2. The van der Waals surface area contributed by atoms with Crippen LogP contribution in [0, 0.1) is 11.6 Å². The van der Waals surface area contributed by atoms with E-state index in [4.69, 9.17) is 16.7 Å². The van der Waals surface area contributed by atoms with Crippen LogP contribution in [0.5, 0.6) is 0 Å². The van der Waals surface area contributed by atoms with Crippen LogP contribution in [0.1, 0.15) is 29.2 Å². The molecule has 1 fully saturated rings. The van der Waals surface area contributed by atoms with Crippen molar-refractivity contribution in [3.05, 3.63) is 44.7 Å². The van der Waals surface area contributed by atoms with Crippen molar-refractivity contribution in [2.45, 2.75) is 18.9 Å². The zero-order valence-corrected chi connectivity index (χ0v) is 10.7. The van der Waals surface area contributed by atoms with Crippen LogP contribution in [0.25, 0.3) is 10.9 Å². The maximum atomic E-state index is 13.4. The summed E-state index contributed by atoms with van der Waals surface area (Å²) < 4.78 is 28.1. The van der Waals surface area contributed by atoms with Crippen molar-refractivity contribution in [1.29, 1.82) is 0 Å². The Kier molecular flexibility index (Phi) is 2.79. The number of aromatic carboxylic acids is 1. The molecule has 0 aliphatic heterocycles. The molecular formula is C13H8ClF2NO3. The Bertz CT molecular complexity index is 812. The fourth-order valence-corrected chi connectivity index (χ4v) is 2.64. The van der Waals surface area contributed by atoms with Gasteiger partial charge in [0, 0.05) is 17.5 Å². The van der Waals surface area contributed by atoms with E-state index in [9.17, 15) is 18.4 Å². The van der Waals surface area contributed by atoms with E-state index in [0.717, 1.165) is 18.9 Å². The third-order valence-electron chi connectivity index (χ3n) is 3.31. The molecule has 0 spiro atoms. The lowest BCUT2D eigenvalue weighted by atomic mass is 10.1. The fourth-order valence-electron chi connectivity index (χ4n) is 2.25. The van der Waals surface area contributed by atoms with Crippen LogP contribution in [0.15, 0.2) is 16.9 Å². The summed E-state index contributed by atoms with van der Waals surface area (Å²) in [4.78, 5) is 23.2. The second-order valence-electron chi connectivity index (χ2n) is 4.68. The van der Waals surface area contributed by atoms with Crippen LogP contribution in [-0.4, -0.2) is 15.6 Å². The SMILES string of the molecule is O=C(O)c1c(Cl)n(C2CC2)c2cc(F)c(F)cc2c1=O. The van der Waals surface area contributed by atoms with Gasteiger partial charge in [0.25, 0.3) is 0 Å². The Morgan fingerprint density at radius 1 is 1.30 bits per heavy atom. The molecule has 1 N–H and O–H groups in total. The van der Waals surface area contributed by atoms with Crippen molar-refractivity contribution >= 4 is 28.5 Å². The van der Waals surface area contributed by atoms with Gasteiger partial charge in [0.1, 0.15) is 10.7 Å². The predicted octanol–water partition coefficient (Wildman–Crippen LogP) is 2.97. The Labute approximate surface area is 116 Å². The first-order valence-corrected chi connectivity index (χ1v) is 6.25. The van der Waals surface area contributed by atoms with Crippen LogP contribution in [0.3, 0.4) is 0 Å². The van der Waals surface area contributed by atoms with E-state index in [-0.39, 0.29) is 22.1 Å². The molecule has 4 nitrogen and oxygen atoms in total. The van der Waals surface area contributed by atoms with Gasteiger partial charge in [0.15, 0.2) is 11.6 Å². The van der Waals surface area contributed by atoms with Gasteiger partial charge in [0.05, 0.1) is 5.52 Å². The van der Waals surface area contributed by atoms with Crippen molar-refractivity contribution in [2.24, 2.45) is 0 Å². The van der Waals surface area contributed by atoms with Gasteiger partial charge in [0.2, 0.25) is 5.43 Å². The first-order valence-electron chi connectivity index (χ1n) is 5.88. The minimum absolute atomic E-state index is 0.0893. The smallest absolute Gasteiger partial charge is 0.342 e. The fraction of sp³-hybridized carbons (Fsp3) is 0.231. The van der Waals surface area contributed by atoms with Gasteiger partial charge < -0.3 is 9.67 Å². The van der Waals surface area contributed by atoms with E-state index in [1.807, 2.05) is 0 Å². The molecule has 0 saturated heterocycles. The lowest BCUT2D eigenvalue weighted by Gasteiger charge is -2.14. The van der Waals surface area contributed by atoms with E-state index in [2.05, 4.69) is 0 Å². The Balaban J connectivity index is 2.53. The van der Waals surface area contributed by atoms with Crippen molar-refractivity contribution < 1.29 is 18.7 Å². The molecule has 0 bridgehead atoms. The number of carboxylic acid groups (broad SMARTS) is 1. The second-order valence-corrected chi connectivity index (χ2v) is 5.04. The van der Waals surface area contributed by atoms with Gasteiger partial charge in [-0.05, 0) is 18.9 Å². The minimum Gasteiger partial charge on any atom is -0.477 e. The van der Waals surface area contributed by atoms with Crippen molar-refractivity contribution in [3.8, 4) is 0 Å². The standard InChI is InChI=1S/C13H8ClF2NO3/c14-12-10(13(19)20)11(18)6-3-7(15)8(16)4-9(6)17(12)5-1-2-5/h3-5H,1-2H2,(H,19,20). The van der Waals surface area contributed by atoms with Gasteiger partial charge >= 0.3 is 5.97 Å². The molecule has 3 rings (SSSR count). The summed E-state index contributed by atoms with van der Waals surface area (Å²) >= 11 is 5.98. The predicted molar refractivity (Wildman–Crippen MR) is 68.4 cm³/mol. The summed E-state index contributed by atoms with van der Waals surface area (Å²) in [6.07, 6.45) is 1.49. The summed E-state index contributed by atoms with van der Waals surface area (Å²) in [5.41, 5.74) is -1.41. The number of nitrogens with zero attached hydrogens (tertiary/aromatic N) is 1. The average molecular weight is 300 g/mol. The van der Waals surface area contributed by atoms with E-state index >= 15 is 0 Å². The number of rotatable bonds is 2. The topological polar surface area (TPSA) is 59.3 Å². The normalized spacial score (nSPS) is 14.8. The van der Waals surface area contributed by atoms with Crippen LogP contribution >= 0.6 is 11.6 Å². The van der Waals surface area contributed by atoms with Gasteiger partial charge in [-0.3, -0.25) is 4.79 Å². The molecule has 0 unspecified atom stereocenters. The molecule has 7 heteroatoms. The van der Waals surface area contributed by atoms with Gasteiger partial charge in [-0.25, -0.2) is 13.6 Å². The van der Waals surface area contributed by atoms with Gasteiger partial charge in [-0.2, -0.15) is 0 Å². The number of carboxylic acids is 1. The first kappa shape index (κ1) is 13.1. The molecule has 2 aromatic rings. The maximum Gasteiger partial charge on any atom is 0.342 e. The molecular weight excluding hydrogens is 292 g/mol. The number of halogens is 3. The van der Waals surface area contributed by atoms with E-state index in [1.165, 1.54) is 4.57 Å². The monoisotopic (exact) mass is 299 g/mol. The van der Waals surface area contributed by atoms with Gasteiger partial charge in [-0.15, -0.1) is 0 Å². The van der Waals surface area contributed by atoms with Crippen molar-refractivity contribution in [1.82, 2.24) is 4.57 Å². The summed E-state index contributed by atoms with van der Waals surface area (Å²) in [5, 5.41) is 8.66. The lowest BCUT2D eigenvalue weighted by Crippen LogP contribution is -2.21. The van der Waals surface area contributed by atoms with Crippen LogP contribution in [-0.2, 0) is 0 Å². The Morgan fingerprint density at radius 2 is 1.90 bits per heavy atom. The highest BCUT2D eigenvalue weighted by Crippen LogP contribution is 2.40. The largest absolute Gasteiger partial charge is 0.477 e. The molecule has 1 aliphatic rings. The first-order chi connectivity index (χ1) is 9.41. The maximum absolute atomic E-state index is 13.4. The van der Waals surface area contributed by atoms with Crippen LogP contribution < -0.4 is 5.43 Å². The van der Waals surface area contributed by atoms with Crippen molar-refractivity contribution in [3.63, 3.8) is 0 Å². The molecule has 1 saturated carbocycles. The highest BCUT2D eigenvalue weighted by Gasteiger charge is 2.31. The molecule has 1 heterocycles. The molecule has 20 heavy (non-hydrogen) atoms. The van der Waals surface area contributed by atoms with Crippen LogP contribution in [0.2, 0.25) is 5.15 Å². The zero-order valence-electron chi connectivity index (χ0n) is 9.99. The summed E-state index contributed by atoms with van der Waals surface area (Å²) in [5.74, 6) is -3.79. The summed E-state index contributed by atoms with van der Waals surface area (Å²) in [6.45, 7) is 0. The number of aromatic nitrogens is 1. The molecule has 0 atom stereocenters. The second kappa shape index (κ2) is 4.28.